The Labute approximate surface area is 177 Å². The Morgan fingerprint density at radius 3 is 1.29 bits per heavy atom. The number of hydrogen-bond donors (Lipinski definition) is 6. The molecule has 170 valence electrons. The van der Waals surface area contributed by atoms with E-state index in [0.717, 1.165) is 12.8 Å². The molecule has 15 heteroatoms. The molecular formula is C13H28N2O10P2Pt. The van der Waals surface area contributed by atoms with E-state index in [-0.39, 0.29) is 26.6 Å². The zero-order chi connectivity index (χ0) is 21.7. The molecule has 0 saturated heterocycles. The van der Waals surface area contributed by atoms with Gasteiger partial charge in [-0.25, -0.2) is 0 Å². The first kappa shape index (κ1) is 32.5. The first-order valence-corrected chi connectivity index (χ1v) is 11.7. The summed E-state index contributed by atoms with van der Waals surface area (Å²) in [6.07, 6.45) is 6.48. The van der Waals surface area contributed by atoms with Crippen molar-refractivity contribution in [2.24, 2.45) is 11.5 Å². The van der Waals surface area contributed by atoms with Crippen molar-refractivity contribution in [1.29, 1.82) is 0 Å². The van der Waals surface area contributed by atoms with Crippen LogP contribution in [0.1, 0.15) is 44.9 Å². The van der Waals surface area contributed by atoms with Crippen LogP contribution in [0, 0.1) is 0 Å². The van der Waals surface area contributed by atoms with Crippen molar-refractivity contribution >= 4 is 27.1 Å². The van der Waals surface area contributed by atoms with Crippen molar-refractivity contribution in [2.45, 2.75) is 50.5 Å². The van der Waals surface area contributed by atoms with Crippen LogP contribution in [-0.2, 0) is 39.8 Å². The number of carbonyl (C=O) groups is 2. The van der Waals surface area contributed by atoms with Gasteiger partial charge in [-0.15, -0.1) is 0 Å². The van der Waals surface area contributed by atoms with Crippen LogP contribution in [0.5, 0.6) is 0 Å². The molecule has 0 radical (unpaired) electrons. The number of rotatable bonds is 5. The predicted octanol–water partition coefficient (Wildman–Crippen LogP) is -2.79. The van der Waals surface area contributed by atoms with Crippen LogP contribution in [0.25, 0.3) is 0 Å². The third-order valence-electron chi connectivity index (χ3n) is 3.43. The van der Waals surface area contributed by atoms with Crippen molar-refractivity contribution in [2.75, 3.05) is 18.9 Å². The monoisotopic (exact) mass is 629 g/mol. The zero-order valence-corrected chi connectivity index (χ0v) is 19.2. The van der Waals surface area contributed by atoms with Gasteiger partial charge in [-0.2, -0.15) is 0 Å². The molecule has 12 nitrogen and oxygen atoms in total. The van der Waals surface area contributed by atoms with Crippen molar-refractivity contribution in [3.05, 3.63) is 0 Å². The number of carbonyl (C=O) groups excluding carboxylic acids is 2. The van der Waals surface area contributed by atoms with E-state index in [9.17, 15) is 28.9 Å². The quantitative estimate of drug-likeness (QED) is 0.169. The van der Waals surface area contributed by atoms with Gasteiger partial charge in [0.05, 0.1) is 24.3 Å². The van der Waals surface area contributed by atoms with Crippen molar-refractivity contribution in [3.63, 3.8) is 0 Å². The molecule has 0 aliphatic heterocycles. The van der Waals surface area contributed by atoms with Gasteiger partial charge in [0.1, 0.15) is 0 Å². The van der Waals surface area contributed by atoms with E-state index in [1.54, 1.807) is 0 Å². The largest absolute Gasteiger partial charge is 2.00 e. The van der Waals surface area contributed by atoms with Gasteiger partial charge in [-0.05, 0) is 12.8 Å². The van der Waals surface area contributed by atoms with E-state index >= 15 is 0 Å². The van der Waals surface area contributed by atoms with Crippen molar-refractivity contribution in [3.8, 4) is 0 Å². The van der Waals surface area contributed by atoms with Crippen LogP contribution >= 0.6 is 15.2 Å². The van der Waals surface area contributed by atoms with Crippen LogP contribution in [0.4, 0.5) is 0 Å². The summed E-state index contributed by atoms with van der Waals surface area (Å²) in [6, 6.07) is 0. The summed E-state index contributed by atoms with van der Waals surface area (Å²) in [5.41, 5.74) is 11.7. The third kappa shape index (κ3) is 25.8. The van der Waals surface area contributed by atoms with Crippen molar-refractivity contribution in [1.82, 2.24) is 0 Å². The average molecular weight is 629 g/mol. The van der Waals surface area contributed by atoms with E-state index in [1.807, 2.05) is 0 Å². The van der Waals surface area contributed by atoms with Crippen LogP contribution < -0.4 is 21.7 Å². The fourth-order valence-corrected chi connectivity index (χ4v) is 2.82. The second-order valence-corrected chi connectivity index (χ2v) is 9.52. The maximum atomic E-state index is 9.72. The molecule has 0 aromatic rings. The fourth-order valence-electron chi connectivity index (χ4n) is 2.15. The predicted molar refractivity (Wildman–Crippen MR) is 92.1 cm³/mol. The van der Waals surface area contributed by atoms with Crippen molar-refractivity contribution < 1.29 is 69.6 Å². The van der Waals surface area contributed by atoms with Gasteiger partial charge >= 0.3 is 36.3 Å². The third-order valence-corrected chi connectivity index (χ3v) is 4.77. The molecular weight excluding hydrogens is 601 g/mol. The van der Waals surface area contributed by atoms with Crippen LogP contribution in [0.2, 0.25) is 0 Å². The Bertz CT molecular complexity index is 509. The Morgan fingerprint density at radius 1 is 0.821 bits per heavy atom. The first-order valence-electron chi connectivity index (χ1n) is 8.08. The normalized spacial score (nSPS) is 16.5. The van der Waals surface area contributed by atoms with E-state index in [4.69, 9.17) is 31.0 Å². The molecule has 1 rings (SSSR count). The summed E-state index contributed by atoms with van der Waals surface area (Å²) in [6.45, 7) is 0.660. The molecule has 8 N–H and O–H groups in total. The second-order valence-electron chi connectivity index (χ2n) is 6.22. The molecule has 1 fully saturated rings. The van der Waals surface area contributed by atoms with E-state index in [0.29, 0.717) is 6.54 Å². The van der Waals surface area contributed by atoms with E-state index in [2.05, 4.69) is 0 Å². The summed E-state index contributed by atoms with van der Waals surface area (Å²) >= 11 is 0. The molecule has 0 amide bonds. The number of hydrogen-bond acceptors (Lipinski definition) is 8. The van der Waals surface area contributed by atoms with E-state index < -0.39 is 39.5 Å². The SMILES string of the molecule is NCC1(N)CCCCCCC1.O=C([O-])CP(=O)(O)O.O=C([O-])CP(=O)(O)O.[Pt+2]. The summed E-state index contributed by atoms with van der Waals surface area (Å²) in [5.74, 6) is -3.48. The summed E-state index contributed by atoms with van der Waals surface area (Å²) in [7, 11) is -8.77. The summed E-state index contributed by atoms with van der Waals surface area (Å²) in [4.78, 5) is 50.3. The first-order chi connectivity index (χ1) is 12.1. The molecule has 0 bridgehead atoms. The number of carboxylic acids is 2. The number of aliphatic carboxylic acids is 2. The Morgan fingerprint density at radius 2 is 1.11 bits per heavy atom. The molecule has 0 heterocycles. The fraction of sp³-hybridized carbons (Fsp3) is 0.846. The Balaban J connectivity index is -0.000000337. The standard InChI is InChI=1S/C9H20N2.2C2H5O5P.Pt/c10-8-9(11)6-4-2-1-3-5-7-9;2*3-2(4)1-8(5,6)7;/h1-8,10-11H2;2*1H2,(H,3,4)(H2,5,6,7);/q;;;+2/p-2. The van der Waals surface area contributed by atoms with Gasteiger partial charge < -0.3 is 50.8 Å². The molecule has 0 aromatic heterocycles. The van der Waals surface area contributed by atoms with Gasteiger partial charge in [-0.3, -0.25) is 9.13 Å². The zero-order valence-electron chi connectivity index (χ0n) is 15.2. The van der Waals surface area contributed by atoms with Gasteiger partial charge in [0.2, 0.25) is 0 Å². The van der Waals surface area contributed by atoms with E-state index in [1.165, 1.54) is 32.1 Å². The second kappa shape index (κ2) is 15.7. The van der Waals surface area contributed by atoms with Crippen LogP contribution in [0.15, 0.2) is 0 Å². The topological polar surface area (TPSA) is 247 Å². The minimum Gasteiger partial charge on any atom is -0.549 e. The molecule has 28 heavy (non-hydrogen) atoms. The average Bonchev–Trinajstić information content (AvgIpc) is 2.39. The Kier molecular flexibility index (Phi) is 18.2. The number of nitrogens with two attached hydrogens (primary N) is 2. The summed E-state index contributed by atoms with van der Waals surface area (Å²) in [5, 5.41) is 18.8. The van der Waals surface area contributed by atoms with Crippen LogP contribution in [0.3, 0.4) is 0 Å². The molecule has 0 unspecified atom stereocenters. The maximum absolute atomic E-state index is 9.72. The molecule has 1 aliphatic carbocycles. The minimum atomic E-state index is -4.38. The molecule has 0 atom stereocenters. The maximum Gasteiger partial charge on any atom is 2.00 e. The minimum absolute atomic E-state index is 0. The summed E-state index contributed by atoms with van der Waals surface area (Å²) < 4.78 is 19.4. The van der Waals surface area contributed by atoms with Gasteiger partial charge in [0.25, 0.3) is 0 Å². The smallest absolute Gasteiger partial charge is 0.549 e. The molecule has 1 aliphatic rings. The van der Waals surface area contributed by atoms with Crippen LogP contribution in [-0.4, -0.2) is 55.9 Å². The molecule has 1 saturated carbocycles. The van der Waals surface area contributed by atoms with Gasteiger partial charge in [-0.1, -0.05) is 32.1 Å². The Hall–Kier alpha value is -0.152. The molecule has 0 aromatic carbocycles. The van der Waals surface area contributed by atoms with Gasteiger partial charge in [0, 0.05) is 12.1 Å². The number of carboxylic acid groups (broad SMARTS) is 2. The molecule has 0 spiro atoms. The van der Waals surface area contributed by atoms with Gasteiger partial charge in [0.15, 0.2) is 0 Å².